The lowest BCUT2D eigenvalue weighted by Crippen LogP contribution is -1.84. The largest absolute Gasteiger partial charge is 0.299 e. The Kier molecular flexibility index (Phi) is 3.23. The number of carbonyl (C=O) groups is 1. The molecule has 0 fully saturated rings. The van der Waals surface area contributed by atoms with Gasteiger partial charge < -0.3 is 0 Å². The van der Waals surface area contributed by atoms with Crippen LogP contribution in [0.1, 0.15) is 5.56 Å². The molecule has 1 aromatic carbocycles. The first-order chi connectivity index (χ1) is 7.90. The first-order valence-corrected chi connectivity index (χ1v) is 4.95. The number of nitrogens with one attached hydrogen (secondary N) is 1. The molecule has 0 saturated heterocycles. The van der Waals surface area contributed by atoms with Gasteiger partial charge in [0.05, 0.1) is 0 Å². The Morgan fingerprint density at radius 3 is 2.69 bits per heavy atom. The number of carbonyl (C=O) groups excluding carboxylic acids is 1. The molecule has 2 aromatic rings. The van der Waals surface area contributed by atoms with Gasteiger partial charge >= 0.3 is 0 Å². The standard InChI is InChI=1S/C12H11N3O/c16-8-2-1-3-10-4-6-11(7-5-10)12-13-9-14-15-12/h1-2,4-9H,3H2,(H,13,14,15). The van der Waals surface area contributed by atoms with Crippen LogP contribution in [0.2, 0.25) is 0 Å². The van der Waals surface area contributed by atoms with Crippen molar-refractivity contribution in [1.29, 1.82) is 0 Å². The Balaban J connectivity index is 2.10. The molecule has 0 aliphatic carbocycles. The van der Waals surface area contributed by atoms with Crippen LogP contribution in [0.25, 0.3) is 11.4 Å². The van der Waals surface area contributed by atoms with Crippen LogP contribution < -0.4 is 0 Å². The van der Waals surface area contributed by atoms with Crippen LogP contribution in [-0.4, -0.2) is 21.5 Å². The topological polar surface area (TPSA) is 58.6 Å². The van der Waals surface area contributed by atoms with Crippen molar-refractivity contribution in [2.45, 2.75) is 6.42 Å². The zero-order chi connectivity index (χ0) is 11.2. The number of allylic oxidation sites excluding steroid dienone is 2. The fourth-order valence-corrected chi connectivity index (χ4v) is 1.40. The van der Waals surface area contributed by atoms with Crippen LogP contribution in [0.15, 0.2) is 42.7 Å². The fraction of sp³-hybridized carbons (Fsp3) is 0.0833. The van der Waals surface area contributed by atoms with E-state index >= 15 is 0 Å². The van der Waals surface area contributed by atoms with Crippen LogP contribution in [0, 0.1) is 0 Å². The van der Waals surface area contributed by atoms with E-state index in [4.69, 9.17) is 0 Å². The molecule has 1 aromatic heterocycles. The summed E-state index contributed by atoms with van der Waals surface area (Å²) in [6.45, 7) is 0. The molecule has 4 nitrogen and oxygen atoms in total. The molecule has 0 spiro atoms. The van der Waals surface area contributed by atoms with Gasteiger partial charge in [0.1, 0.15) is 12.6 Å². The summed E-state index contributed by atoms with van der Waals surface area (Å²) in [6.07, 6.45) is 6.42. The van der Waals surface area contributed by atoms with Gasteiger partial charge in [-0.2, -0.15) is 5.10 Å². The van der Waals surface area contributed by atoms with E-state index in [1.807, 2.05) is 30.3 Å². The molecule has 0 atom stereocenters. The number of rotatable bonds is 4. The summed E-state index contributed by atoms with van der Waals surface area (Å²) in [6, 6.07) is 7.93. The molecule has 0 amide bonds. The van der Waals surface area contributed by atoms with Crippen LogP contribution >= 0.6 is 0 Å². The van der Waals surface area contributed by atoms with Gasteiger partial charge in [-0.15, -0.1) is 0 Å². The van der Waals surface area contributed by atoms with E-state index in [-0.39, 0.29) is 0 Å². The lowest BCUT2D eigenvalue weighted by molar-refractivity contribution is -0.104. The van der Waals surface area contributed by atoms with E-state index in [0.29, 0.717) is 5.82 Å². The molecular weight excluding hydrogens is 202 g/mol. The predicted octanol–water partition coefficient (Wildman–Crippen LogP) is 1.77. The first kappa shape index (κ1) is 10.3. The monoisotopic (exact) mass is 213 g/mol. The molecule has 0 saturated carbocycles. The zero-order valence-electron chi connectivity index (χ0n) is 8.63. The average Bonchev–Trinajstić information content (AvgIpc) is 2.84. The van der Waals surface area contributed by atoms with Crippen molar-refractivity contribution >= 4 is 6.29 Å². The number of benzene rings is 1. The van der Waals surface area contributed by atoms with Crippen molar-refractivity contribution in [3.8, 4) is 11.4 Å². The molecule has 0 aliphatic rings. The van der Waals surface area contributed by atoms with Crippen molar-refractivity contribution in [3.05, 3.63) is 48.3 Å². The molecule has 0 unspecified atom stereocenters. The van der Waals surface area contributed by atoms with Crippen molar-refractivity contribution in [2.24, 2.45) is 0 Å². The van der Waals surface area contributed by atoms with Gasteiger partial charge in [0, 0.05) is 5.56 Å². The predicted molar refractivity (Wildman–Crippen MR) is 60.7 cm³/mol. The Hall–Kier alpha value is -2.23. The SMILES string of the molecule is O=CC=CCc1ccc(-c2nc[nH]n2)cc1. The lowest BCUT2D eigenvalue weighted by atomic mass is 10.1. The van der Waals surface area contributed by atoms with E-state index in [1.165, 1.54) is 6.08 Å². The van der Waals surface area contributed by atoms with Gasteiger partial charge in [0.25, 0.3) is 0 Å². The lowest BCUT2D eigenvalue weighted by Gasteiger charge is -1.98. The van der Waals surface area contributed by atoms with E-state index < -0.39 is 0 Å². The molecule has 4 heteroatoms. The maximum absolute atomic E-state index is 10.1. The Labute approximate surface area is 93.0 Å². The summed E-state index contributed by atoms with van der Waals surface area (Å²) in [4.78, 5) is 14.2. The highest BCUT2D eigenvalue weighted by Crippen LogP contribution is 2.14. The number of aldehydes is 1. The highest BCUT2D eigenvalue weighted by Gasteiger charge is 2.00. The summed E-state index contributed by atoms with van der Waals surface area (Å²) in [5.74, 6) is 0.690. The van der Waals surface area contributed by atoms with Gasteiger partial charge in [0.15, 0.2) is 5.82 Å². The summed E-state index contributed by atoms with van der Waals surface area (Å²) in [5, 5.41) is 6.67. The maximum Gasteiger partial charge on any atom is 0.180 e. The highest BCUT2D eigenvalue weighted by atomic mass is 16.1. The normalized spacial score (nSPS) is 10.8. The van der Waals surface area contributed by atoms with Crippen LogP contribution in [0.5, 0.6) is 0 Å². The number of hydrogen-bond acceptors (Lipinski definition) is 3. The summed E-state index contributed by atoms with van der Waals surface area (Å²) >= 11 is 0. The fourth-order valence-electron chi connectivity index (χ4n) is 1.40. The molecular formula is C12H11N3O. The number of hydrogen-bond donors (Lipinski definition) is 1. The van der Waals surface area contributed by atoms with E-state index in [9.17, 15) is 4.79 Å². The number of aromatic amines is 1. The van der Waals surface area contributed by atoms with Crippen molar-refractivity contribution in [1.82, 2.24) is 15.2 Å². The van der Waals surface area contributed by atoms with Crippen LogP contribution in [0.4, 0.5) is 0 Å². The van der Waals surface area contributed by atoms with E-state index in [0.717, 1.165) is 23.8 Å². The number of nitrogens with zero attached hydrogens (tertiary/aromatic N) is 2. The molecule has 16 heavy (non-hydrogen) atoms. The molecule has 0 aliphatic heterocycles. The third-order valence-corrected chi connectivity index (χ3v) is 2.20. The Morgan fingerprint density at radius 1 is 1.25 bits per heavy atom. The van der Waals surface area contributed by atoms with Gasteiger partial charge in [0.2, 0.25) is 0 Å². The van der Waals surface area contributed by atoms with Gasteiger partial charge in [-0.25, -0.2) is 4.98 Å². The zero-order valence-corrected chi connectivity index (χ0v) is 8.63. The second-order valence-corrected chi connectivity index (χ2v) is 3.29. The summed E-state index contributed by atoms with van der Waals surface area (Å²) in [5.41, 5.74) is 2.13. The van der Waals surface area contributed by atoms with Crippen molar-refractivity contribution in [3.63, 3.8) is 0 Å². The molecule has 1 N–H and O–H groups in total. The smallest absolute Gasteiger partial charge is 0.180 e. The minimum absolute atomic E-state index is 0.690. The van der Waals surface area contributed by atoms with Gasteiger partial charge in [-0.1, -0.05) is 30.3 Å². The van der Waals surface area contributed by atoms with Crippen molar-refractivity contribution < 1.29 is 4.79 Å². The number of aromatic nitrogens is 3. The second-order valence-electron chi connectivity index (χ2n) is 3.29. The summed E-state index contributed by atoms with van der Waals surface area (Å²) < 4.78 is 0. The van der Waals surface area contributed by atoms with Crippen molar-refractivity contribution in [2.75, 3.05) is 0 Å². The average molecular weight is 213 g/mol. The Morgan fingerprint density at radius 2 is 2.06 bits per heavy atom. The molecule has 0 radical (unpaired) electrons. The van der Waals surface area contributed by atoms with Crippen LogP contribution in [-0.2, 0) is 11.2 Å². The Bertz CT molecular complexity index is 471. The minimum Gasteiger partial charge on any atom is -0.299 e. The molecule has 80 valence electrons. The maximum atomic E-state index is 10.1. The van der Waals surface area contributed by atoms with E-state index in [1.54, 1.807) is 6.33 Å². The minimum atomic E-state index is 0.690. The highest BCUT2D eigenvalue weighted by molar-refractivity contribution is 5.64. The molecule has 2 rings (SSSR count). The third-order valence-electron chi connectivity index (χ3n) is 2.20. The third kappa shape index (κ3) is 2.42. The quantitative estimate of drug-likeness (QED) is 0.622. The van der Waals surface area contributed by atoms with Gasteiger partial charge in [-0.05, 0) is 18.1 Å². The second kappa shape index (κ2) is 5.02. The van der Waals surface area contributed by atoms with E-state index in [2.05, 4.69) is 15.2 Å². The molecule has 1 heterocycles. The first-order valence-electron chi connectivity index (χ1n) is 4.95. The number of H-pyrrole nitrogens is 1. The van der Waals surface area contributed by atoms with Crippen LogP contribution in [0.3, 0.4) is 0 Å². The molecule has 0 bridgehead atoms. The summed E-state index contributed by atoms with van der Waals surface area (Å²) in [7, 11) is 0. The van der Waals surface area contributed by atoms with Gasteiger partial charge in [-0.3, -0.25) is 9.89 Å².